The Bertz CT molecular complexity index is 1100. The zero-order valence-corrected chi connectivity index (χ0v) is 19.1. The molecular formula is C22H23N3O6S. The van der Waals surface area contributed by atoms with Crippen molar-refractivity contribution in [3.63, 3.8) is 0 Å². The summed E-state index contributed by atoms with van der Waals surface area (Å²) in [6.45, 7) is 0. The largest absolute Gasteiger partial charge is 0.493 e. The number of anilines is 1. The molecule has 1 aromatic heterocycles. The van der Waals surface area contributed by atoms with Gasteiger partial charge in [-0.1, -0.05) is 23.5 Å². The van der Waals surface area contributed by atoms with Gasteiger partial charge in [-0.05, 0) is 35.9 Å². The van der Waals surface area contributed by atoms with E-state index in [1.807, 2.05) is 18.2 Å². The van der Waals surface area contributed by atoms with E-state index in [1.54, 1.807) is 45.6 Å². The molecule has 168 valence electrons. The molecule has 9 nitrogen and oxygen atoms in total. The van der Waals surface area contributed by atoms with Crippen molar-refractivity contribution < 1.29 is 28.5 Å². The van der Waals surface area contributed by atoms with Gasteiger partial charge in [0.2, 0.25) is 10.9 Å². The SMILES string of the molecule is COc1cc(C=Cc2nnc(NC(=O)c3cccc(OC)c3OC)s2)cc(OC)c1OC. The van der Waals surface area contributed by atoms with Gasteiger partial charge in [0, 0.05) is 0 Å². The number of benzene rings is 2. The summed E-state index contributed by atoms with van der Waals surface area (Å²) in [6.07, 6.45) is 3.61. The molecule has 0 radical (unpaired) electrons. The molecule has 0 bridgehead atoms. The lowest BCUT2D eigenvalue weighted by molar-refractivity contribution is 0.102. The maximum absolute atomic E-state index is 12.7. The second-order valence-electron chi connectivity index (χ2n) is 6.23. The minimum Gasteiger partial charge on any atom is -0.493 e. The lowest BCUT2D eigenvalue weighted by Gasteiger charge is -2.12. The third kappa shape index (κ3) is 4.92. The van der Waals surface area contributed by atoms with Crippen molar-refractivity contribution in [2.24, 2.45) is 0 Å². The van der Waals surface area contributed by atoms with Gasteiger partial charge >= 0.3 is 0 Å². The molecule has 3 rings (SSSR count). The predicted octanol–water partition coefficient (Wildman–Crippen LogP) is 4.00. The number of hydrogen-bond donors (Lipinski definition) is 1. The second kappa shape index (κ2) is 10.5. The van der Waals surface area contributed by atoms with E-state index in [4.69, 9.17) is 23.7 Å². The van der Waals surface area contributed by atoms with Crippen LogP contribution in [0.3, 0.4) is 0 Å². The highest BCUT2D eigenvalue weighted by atomic mass is 32.1. The maximum atomic E-state index is 12.7. The molecule has 0 saturated carbocycles. The Kier molecular flexibility index (Phi) is 7.50. The number of ether oxygens (including phenoxy) is 5. The van der Waals surface area contributed by atoms with E-state index in [1.165, 1.54) is 25.6 Å². The summed E-state index contributed by atoms with van der Waals surface area (Å²) in [7, 11) is 7.65. The Hall–Kier alpha value is -3.79. The molecule has 1 amide bonds. The first-order valence-corrected chi connectivity index (χ1v) is 10.2. The lowest BCUT2D eigenvalue weighted by atomic mass is 10.1. The Morgan fingerprint density at radius 1 is 0.844 bits per heavy atom. The van der Waals surface area contributed by atoms with Crippen LogP contribution in [-0.2, 0) is 0 Å². The van der Waals surface area contributed by atoms with E-state index >= 15 is 0 Å². The third-order valence-electron chi connectivity index (χ3n) is 4.41. The molecule has 1 heterocycles. The number of aromatic nitrogens is 2. The minimum atomic E-state index is -0.378. The minimum absolute atomic E-state index is 0.330. The van der Waals surface area contributed by atoms with Crippen molar-refractivity contribution in [1.82, 2.24) is 10.2 Å². The van der Waals surface area contributed by atoms with Crippen LogP contribution in [0.25, 0.3) is 12.2 Å². The monoisotopic (exact) mass is 457 g/mol. The van der Waals surface area contributed by atoms with Gasteiger partial charge in [-0.25, -0.2) is 0 Å². The topological polar surface area (TPSA) is 101 Å². The summed E-state index contributed by atoms with van der Waals surface area (Å²) >= 11 is 1.23. The van der Waals surface area contributed by atoms with Crippen molar-refractivity contribution in [2.75, 3.05) is 40.9 Å². The van der Waals surface area contributed by atoms with Crippen molar-refractivity contribution in [1.29, 1.82) is 0 Å². The molecule has 0 aliphatic carbocycles. The molecule has 0 aliphatic heterocycles. The fraction of sp³-hybridized carbons (Fsp3) is 0.227. The van der Waals surface area contributed by atoms with Crippen molar-refractivity contribution in [2.45, 2.75) is 0 Å². The zero-order valence-electron chi connectivity index (χ0n) is 18.3. The number of methoxy groups -OCH3 is 5. The van der Waals surface area contributed by atoms with E-state index in [9.17, 15) is 4.79 Å². The maximum Gasteiger partial charge on any atom is 0.261 e. The van der Waals surface area contributed by atoms with E-state index in [2.05, 4.69) is 15.5 Å². The van der Waals surface area contributed by atoms with Gasteiger partial charge in [0.05, 0.1) is 41.1 Å². The third-order valence-corrected chi connectivity index (χ3v) is 5.22. The molecule has 0 aliphatic rings. The Labute approximate surface area is 189 Å². The number of hydrogen-bond acceptors (Lipinski definition) is 9. The van der Waals surface area contributed by atoms with E-state index < -0.39 is 0 Å². The van der Waals surface area contributed by atoms with Crippen LogP contribution in [0.5, 0.6) is 28.7 Å². The summed E-state index contributed by atoms with van der Waals surface area (Å²) in [5.41, 5.74) is 1.15. The molecule has 0 atom stereocenters. The van der Waals surface area contributed by atoms with Crippen LogP contribution in [0.2, 0.25) is 0 Å². The standard InChI is InChI=1S/C22H23N3O6S/c1-27-15-8-6-7-14(19(15)30-4)21(26)23-22-25-24-18(32-22)10-9-13-11-16(28-2)20(31-5)17(12-13)29-3/h6-12H,1-5H3,(H,23,25,26). The van der Waals surface area contributed by atoms with Crippen LogP contribution in [0.15, 0.2) is 30.3 Å². The molecule has 3 aromatic rings. The summed E-state index contributed by atoms with van der Waals surface area (Å²) in [6, 6.07) is 8.70. The molecule has 2 aromatic carbocycles. The smallest absolute Gasteiger partial charge is 0.261 e. The highest BCUT2D eigenvalue weighted by Crippen LogP contribution is 2.38. The Morgan fingerprint density at radius 2 is 1.50 bits per heavy atom. The second-order valence-corrected chi connectivity index (χ2v) is 7.24. The molecule has 32 heavy (non-hydrogen) atoms. The number of carbonyl (C=O) groups excluding carboxylic acids is 1. The number of rotatable bonds is 9. The first-order valence-electron chi connectivity index (χ1n) is 9.38. The van der Waals surface area contributed by atoms with Gasteiger partial charge in [0.25, 0.3) is 5.91 Å². The van der Waals surface area contributed by atoms with Crippen molar-refractivity contribution in [3.05, 3.63) is 46.5 Å². The van der Waals surface area contributed by atoms with Gasteiger partial charge in [0.1, 0.15) is 5.01 Å². The summed E-state index contributed by atoms with van der Waals surface area (Å²) in [5, 5.41) is 11.8. The number of amides is 1. The highest BCUT2D eigenvalue weighted by molar-refractivity contribution is 7.16. The van der Waals surface area contributed by atoms with Crippen LogP contribution in [0.1, 0.15) is 20.9 Å². The Balaban J connectivity index is 1.77. The average molecular weight is 458 g/mol. The van der Waals surface area contributed by atoms with Crippen LogP contribution < -0.4 is 29.0 Å². The number of para-hydroxylation sites is 1. The molecule has 0 spiro atoms. The van der Waals surface area contributed by atoms with E-state index in [0.29, 0.717) is 44.5 Å². The summed E-state index contributed by atoms with van der Waals surface area (Å²) in [5.74, 6) is 2.04. The normalized spacial score (nSPS) is 10.7. The molecule has 0 fully saturated rings. The molecule has 1 N–H and O–H groups in total. The fourth-order valence-electron chi connectivity index (χ4n) is 2.95. The first-order chi connectivity index (χ1) is 15.5. The molecule has 10 heteroatoms. The lowest BCUT2D eigenvalue weighted by Crippen LogP contribution is -2.13. The van der Waals surface area contributed by atoms with Gasteiger partial charge in [-0.3, -0.25) is 10.1 Å². The first kappa shape index (κ1) is 22.9. The van der Waals surface area contributed by atoms with Crippen molar-refractivity contribution >= 4 is 34.5 Å². The van der Waals surface area contributed by atoms with Gasteiger partial charge in [-0.2, -0.15) is 0 Å². The molecule has 0 unspecified atom stereocenters. The molecule has 0 saturated heterocycles. The quantitative estimate of drug-likeness (QED) is 0.515. The van der Waals surface area contributed by atoms with Crippen LogP contribution in [-0.4, -0.2) is 51.7 Å². The van der Waals surface area contributed by atoms with Gasteiger partial charge in [0.15, 0.2) is 23.0 Å². The summed E-state index contributed by atoms with van der Waals surface area (Å²) < 4.78 is 26.6. The van der Waals surface area contributed by atoms with E-state index in [-0.39, 0.29) is 5.91 Å². The van der Waals surface area contributed by atoms with Gasteiger partial charge < -0.3 is 23.7 Å². The van der Waals surface area contributed by atoms with Gasteiger partial charge in [-0.15, -0.1) is 10.2 Å². The van der Waals surface area contributed by atoms with Crippen LogP contribution in [0.4, 0.5) is 5.13 Å². The average Bonchev–Trinajstić information content (AvgIpc) is 3.28. The number of nitrogens with one attached hydrogen (secondary N) is 1. The highest BCUT2D eigenvalue weighted by Gasteiger charge is 2.18. The van der Waals surface area contributed by atoms with Crippen LogP contribution in [0, 0.1) is 0 Å². The number of carbonyl (C=O) groups is 1. The van der Waals surface area contributed by atoms with Crippen LogP contribution >= 0.6 is 11.3 Å². The number of nitrogens with zero attached hydrogens (tertiary/aromatic N) is 2. The fourth-order valence-corrected chi connectivity index (χ4v) is 3.59. The van der Waals surface area contributed by atoms with Crippen molar-refractivity contribution in [3.8, 4) is 28.7 Å². The Morgan fingerprint density at radius 3 is 2.09 bits per heavy atom. The summed E-state index contributed by atoms with van der Waals surface area (Å²) in [4.78, 5) is 12.7. The van der Waals surface area contributed by atoms with E-state index in [0.717, 1.165) is 5.56 Å². The zero-order chi connectivity index (χ0) is 23.1. The predicted molar refractivity (Wildman–Crippen MR) is 122 cm³/mol. The molecular weight excluding hydrogens is 434 g/mol.